The summed E-state index contributed by atoms with van der Waals surface area (Å²) in [6, 6.07) is 12.0. The molecule has 1 atom stereocenters. The summed E-state index contributed by atoms with van der Waals surface area (Å²) in [5.74, 6) is -2.35. The van der Waals surface area contributed by atoms with Crippen LogP contribution in [-0.4, -0.2) is 40.1 Å². The summed E-state index contributed by atoms with van der Waals surface area (Å²) in [4.78, 5) is 17.1. The fourth-order valence-corrected chi connectivity index (χ4v) is 3.20. The van der Waals surface area contributed by atoms with E-state index < -0.39 is 11.8 Å². The Kier molecular flexibility index (Phi) is 5.85. The van der Waals surface area contributed by atoms with Gasteiger partial charge in [0.1, 0.15) is 5.82 Å². The third-order valence-corrected chi connectivity index (χ3v) is 4.51. The number of hydrogen-bond acceptors (Lipinski definition) is 4. The van der Waals surface area contributed by atoms with Crippen LogP contribution in [-0.2, 0) is 11.3 Å². The smallest absolute Gasteiger partial charge is 0.364 e. The minimum Gasteiger partial charge on any atom is -0.476 e. The number of likely N-dealkylation sites (tertiary alicyclic amines) is 1. The molecule has 1 aliphatic heterocycles. The molecule has 2 N–H and O–H groups in total. The van der Waals surface area contributed by atoms with E-state index in [-0.39, 0.29) is 6.04 Å². The SMILES string of the molecule is O=C(O)C(F)=Cc1cnc(N[C@@H]2CCN(Cc3ccccc3)C2)c(Cl)c1. The van der Waals surface area contributed by atoms with Crippen LogP contribution in [0, 0.1) is 0 Å². The number of aromatic nitrogens is 1. The number of carbonyl (C=O) groups is 1. The molecule has 26 heavy (non-hydrogen) atoms. The topological polar surface area (TPSA) is 65.5 Å². The average Bonchev–Trinajstić information content (AvgIpc) is 3.05. The number of anilines is 1. The van der Waals surface area contributed by atoms with Gasteiger partial charge in [0.2, 0.25) is 5.83 Å². The number of nitrogens with one attached hydrogen (secondary N) is 1. The van der Waals surface area contributed by atoms with Crippen molar-refractivity contribution in [3.05, 3.63) is 64.6 Å². The molecule has 136 valence electrons. The maximum absolute atomic E-state index is 13.2. The molecule has 1 aromatic carbocycles. The molecular formula is C19H19ClFN3O2. The summed E-state index contributed by atoms with van der Waals surface area (Å²) >= 11 is 6.20. The number of nitrogens with zero attached hydrogens (tertiary/aromatic N) is 2. The lowest BCUT2D eigenvalue weighted by Crippen LogP contribution is -2.26. The van der Waals surface area contributed by atoms with Gasteiger partial charge in [0.25, 0.3) is 0 Å². The van der Waals surface area contributed by atoms with Crippen LogP contribution in [0.1, 0.15) is 17.5 Å². The van der Waals surface area contributed by atoms with Gasteiger partial charge in [-0.2, -0.15) is 4.39 Å². The van der Waals surface area contributed by atoms with Crippen LogP contribution in [0.5, 0.6) is 0 Å². The van der Waals surface area contributed by atoms with Gasteiger partial charge in [-0.1, -0.05) is 41.9 Å². The highest BCUT2D eigenvalue weighted by molar-refractivity contribution is 6.33. The zero-order valence-electron chi connectivity index (χ0n) is 14.0. The minimum atomic E-state index is -1.62. The van der Waals surface area contributed by atoms with Gasteiger partial charge in [0.05, 0.1) is 5.02 Å². The van der Waals surface area contributed by atoms with Gasteiger partial charge >= 0.3 is 5.97 Å². The number of halogens is 2. The first kappa shape index (κ1) is 18.4. The van der Waals surface area contributed by atoms with E-state index in [4.69, 9.17) is 16.7 Å². The molecule has 1 saturated heterocycles. The van der Waals surface area contributed by atoms with E-state index in [1.54, 1.807) is 0 Å². The van der Waals surface area contributed by atoms with Crippen molar-refractivity contribution in [3.63, 3.8) is 0 Å². The standard InChI is InChI=1S/C19H19ClFN3O2/c20-16-8-14(9-17(21)19(25)26)10-22-18(16)23-15-6-7-24(12-15)11-13-4-2-1-3-5-13/h1-5,8-10,15H,6-7,11-12H2,(H,22,23)(H,25,26)/t15-/m1/s1. The molecule has 3 rings (SSSR count). The highest BCUT2D eigenvalue weighted by Crippen LogP contribution is 2.24. The van der Waals surface area contributed by atoms with Gasteiger partial charge in [0, 0.05) is 31.9 Å². The van der Waals surface area contributed by atoms with Crippen LogP contribution >= 0.6 is 11.6 Å². The summed E-state index contributed by atoms with van der Waals surface area (Å²) in [6.07, 6.45) is 3.26. The highest BCUT2D eigenvalue weighted by Gasteiger charge is 2.23. The van der Waals surface area contributed by atoms with Crippen LogP contribution in [0.15, 0.2) is 48.4 Å². The third-order valence-electron chi connectivity index (χ3n) is 4.22. The molecule has 0 unspecified atom stereocenters. The summed E-state index contributed by atoms with van der Waals surface area (Å²) in [5.41, 5.74) is 1.58. The Bertz CT molecular complexity index is 814. The Morgan fingerprint density at radius 3 is 2.88 bits per heavy atom. The number of pyridine rings is 1. The maximum Gasteiger partial charge on any atom is 0.364 e. The number of carboxylic acids is 1. The van der Waals surface area contributed by atoms with Crippen molar-refractivity contribution < 1.29 is 14.3 Å². The van der Waals surface area contributed by atoms with Crippen molar-refractivity contribution in [2.24, 2.45) is 0 Å². The van der Waals surface area contributed by atoms with E-state index in [0.29, 0.717) is 16.4 Å². The molecular weight excluding hydrogens is 357 g/mol. The van der Waals surface area contributed by atoms with Gasteiger partial charge in [-0.3, -0.25) is 4.90 Å². The summed E-state index contributed by atoms with van der Waals surface area (Å²) in [5, 5.41) is 12.2. The van der Waals surface area contributed by atoms with Gasteiger partial charge < -0.3 is 10.4 Å². The molecule has 7 heteroatoms. The second-order valence-corrected chi connectivity index (χ2v) is 6.65. The van der Waals surface area contributed by atoms with Crippen LogP contribution in [0.25, 0.3) is 6.08 Å². The Morgan fingerprint density at radius 2 is 2.19 bits per heavy atom. The van der Waals surface area contributed by atoms with Crippen LogP contribution in [0.2, 0.25) is 5.02 Å². The Balaban J connectivity index is 1.59. The predicted molar refractivity (Wildman–Crippen MR) is 99.7 cm³/mol. The first-order chi connectivity index (χ1) is 12.5. The lowest BCUT2D eigenvalue weighted by Gasteiger charge is -2.17. The van der Waals surface area contributed by atoms with Crippen LogP contribution in [0.4, 0.5) is 10.2 Å². The van der Waals surface area contributed by atoms with E-state index in [9.17, 15) is 9.18 Å². The van der Waals surface area contributed by atoms with Gasteiger partial charge in [-0.05, 0) is 29.7 Å². The number of aliphatic carboxylic acids is 1. The molecule has 5 nitrogen and oxygen atoms in total. The Hall–Kier alpha value is -2.44. The molecule has 0 bridgehead atoms. The van der Waals surface area contributed by atoms with Gasteiger partial charge in [0.15, 0.2) is 0 Å². The average molecular weight is 376 g/mol. The van der Waals surface area contributed by atoms with E-state index in [1.165, 1.54) is 17.8 Å². The van der Waals surface area contributed by atoms with Crippen molar-refractivity contribution in [2.45, 2.75) is 19.0 Å². The monoisotopic (exact) mass is 375 g/mol. The molecule has 0 radical (unpaired) electrons. The first-order valence-electron chi connectivity index (χ1n) is 8.30. The van der Waals surface area contributed by atoms with E-state index in [0.717, 1.165) is 32.1 Å². The highest BCUT2D eigenvalue weighted by atomic mass is 35.5. The molecule has 1 fully saturated rings. The van der Waals surface area contributed by atoms with Gasteiger partial charge in [-0.15, -0.1) is 0 Å². The molecule has 1 aliphatic rings. The maximum atomic E-state index is 13.2. The van der Waals surface area contributed by atoms with Crippen molar-refractivity contribution in [1.29, 1.82) is 0 Å². The molecule has 1 aromatic heterocycles. The van der Waals surface area contributed by atoms with Gasteiger partial charge in [-0.25, -0.2) is 9.78 Å². The second-order valence-electron chi connectivity index (χ2n) is 6.25. The quantitative estimate of drug-likeness (QED) is 0.751. The summed E-state index contributed by atoms with van der Waals surface area (Å²) in [6.45, 7) is 2.76. The van der Waals surface area contributed by atoms with E-state index in [2.05, 4.69) is 27.3 Å². The number of hydrogen-bond donors (Lipinski definition) is 2. The zero-order valence-corrected chi connectivity index (χ0v) is 14.8. The van der Waals surface area contributed by atoms with Crippen molar-refractivity contribution in [2.75, 3.05) is 18.4 Å². The molecule has 0 amide bonds. The molecule has 2 heterocycles. The Labute approximate surface area is 156 Å². The van der Waals surface area contributed by atoms with Crippen molar-refractivity contribution in [1.82, 2.24) is 9.88 Å². The van der Waals surface area contributed by atoms with Crippen molar-refractivity contribution >= 4 is 29.5 Å². The molecule has 0 aliphatic carbocycles. The fraction of sp³-hybridized carbons (Fsp3) is 0.263. The first-order valence-corrected chi connectivity index (χ1v) is 8.68. The fourth-order valence-electron chi connectivity index (χ4n) is 2.97. The van der Waals surface area contributed by atoms with E-state index in [1.807, 2.05) is 18.2 Å². The third kappa shape index (κ3) is 4.80. The lowest BCUT2D eigenvalue weighted by molar-refractivity contribution is -0.134. The largest absolute Gasteiger partial charge is 0.476 e. The second kappa shape index (κ2) is 8.29. The number of benzene rings is 1. The molecule has 0 spiro atoms. The normalized spacial score (nSPS) is 18.1. The molecule has 2 aromatic rings. The summed E-state index contributed by atoms with van der Waals surface area (Å²) < 4.78 is 13.2. The number of carboxylic acid groups (broad SMARTS) is 1. The lowest BCUT2D eigenvalue weighted by atomic mass is 10.2. The van der Waals surface area contributed by atoms with Crippen molar-refractivity contribution in [3.8, 4) is 0 Å². The molecule has 0 saturated carbocycles. The minimum absolute atomic E-state index is 0.223. The van der Waals surface area contributed by atoms with E-state index >= 15 is 0 Å². The predicted octanol–water partition coefficient (Wildman–Crippen LogP) is 3.82. The van der Waals surface area contributed by atoms with Crippen LogP contribution < -0.4 is 5.32 Å². The zero-order chi connectivity index (χ0) is 18.5. The summed E-state index contributed by atoms with van der Waals surface area (Å²) in [7, 11) is 0. The van der Waals surface area contributed by atoms with Crippen LogP contribution in [0.3, 0.4) is 0 Å². The Morgan fingerprint density at radius 1 is 1.42 bits per heavy atom. The number of rotatable bonds is 6.